The van der Waals surface area contributed by atoms with E-state index in [4.69, 9.17) is 29.9 Å². The van der Waals surface area contributed by atoms with Gasteiger partial charge in [0.2, 0.25) is 0 Å². The minimum atomic E-state index is -3.91. The fourth-order valence-electron chi connectivity index (χ4n) is 3.11. The van der Waals surface area contributed by atoms with Crippen molar-refractivity contribution in [3.05, 3.63) is 61.4 Å². The number of aryl methyl sites for hydroxylation is 1. The molecule has 0 aliphatic carbocycles. The lowest BCUT2D eigenvalue weighted by Crippen LogP contribution is -2.33. The molecule has 2 unspecified atom stereocenters. The van der Waals surface area contributed by atoms with E-state index in [9.17, 15) is 19.3 Å². The van der Waals surface area contributed by atoms with Crippen LogP contribution in [0.3, 0.4) is 0 Å². The van der Waals surface area contributed by atoms with E-state index in [1.54, 1.807) is 25.1 Å². The second kappa shape index (κ2) is 7.71. The molecule has 0 radical (unpaired) electrons. The Labute approximate surface area is 169 Å². The summed E-state index contributed by atoms with van der Waals surface area (Å²) < 4.78 is 35.5. The number of aromatic nitrogens is 2. The quantitative estimate of drug-likeness (QED) is 0.684. The molecule has 0 amide bonds. The van der Waals surface area contributed by atoms with Crippen LogP contribution in [-0.4, -0.2) is 33.5 Å². The second-order valence-electron chi connectivity index (χ2n) is 6.77. The molecule has 1 aromatic heterocycles. The van der Waals surface area contributed by atoms with Crippen molar-refractivity contribution in [3.8, 4) is 5.75 Å². The Morgan fingerprint density at radius 1 is 1.41 bits per heavy atom. The molecule has 0 saturated carbocycles. The molecule has 2 aromatic rings. The van der Waals surface area contributed by atoms with Gasteiger partial charge in [-0.2, -0.15) is 0 Å². The van der Waals surface area contributed by atoms with Gasteiger partial charge >= 0.3 is 13.5 Å². The fraction of sp³-hybridized carbons (Fsp3) is 0.412. The predicted molar refractivity (Wildman–Crippen MR) is 101 cm³/mol. The molecule has 29 heavy (non-hydrogen) atoms. The summed E-state index contributed by atoms with van der Waals surface area (Å²) in [5.74, 6) is 0.338. The summed E-state index contributed by atoms with van der Waals surface area (Å²) in [6.45, 7) is 1.26. The molecule has 156 valence electrons. The SMILES string of the molecule is Cc1cn([C@H]2CC(O)[C@@H](COP3(=O)OCc4cc(Cl)ccc4O3)O2)c(=O)[nH]c1=O. The topological polar surface area (TPSA) is 129 Å². The summed E-state index contributed by atoms with van der Waals surface area (Å²) in [5.41, 5.74) is -0.176. The number of ether oxygens (including phenoxy) is 1. The van der Waals surface area contributed by atoms with Crippen molar-refractivity contribution in [2.75, 3.05) is 6.61 Å². The van der Waals surface area contributed by atoms with Crippen LogP contribution in [0, 0.1) is 6.92 Å². The molecule has 0 spiro atoms. The predicted octanol–water partition coefficient (Wildman–Crippen LogP) is 1.88. The van der Waals surface area contributed by atoms with Crippen molar-refractivity contribution >= 4 is 19.4 Å². The Balaban J connectivity index is 1.42. The molecule has 2 N–H and O–H groups in total. The monoisotopic (exact) mass is 444 g/mol. The first kappa shape index (κ1) is 20.3. The largest absolute Gasteiger partial charge is 0.530 e. The number of phosphoric ester groups is 1. The lowest BCUT2D eigenvalue weighted by Gasteiger charge is -2.26. The van der Waals surface area contributed by atoms with Gasteiger partial charge in [0.15, 0.2) is 0 Å². The van der Waals surface area contributed by atoms with Crippen molar-refractivity contribution < 1.29 is 28.0 Å². The maximum absolute atomic E-state index is 12.7. The Bertz CT molecular complexity index is 1100. The van der Waals surface area contributed by atoms with Gasteiger partial charge in [0, 0.05) is 28.8 Å². The van der Waals surface area contributed by atoms with Crippen molar-refractivity contribution in [3.63, 3.8) is 0 Å². The highest BCUT2D eigenvalue weighted by molar-refractivity contribution is 7.49. The Morgan fingerprint density at radius 3 is 3.00 bits per heavy atom. The van der Waals surface area contributed by atoms with E-state index in [1.165, 1.54) is 10.8 Å². The average molecular weight is 445 g/mol. The van der Waals surface area contributed by atoms with Crippen LogP contribution in [0.5, 0.6) is 5.75 Å². The smallest absolute Gasteiger partial charge is 0.404 e. The molecular weight excluding hydrogens is 427 g/mol. The zero-order valence-corrected chi connectivity index (χ0v) is 16.9. The minimum Gasteiger partial charge on any atom is -0.404 e. The van der Waals surface area contributed by atoms with E-state index in [0.717, 1.165) is 0 Å². The van der Waals surface area contributed by atoms with Gasteiger partial charge in [-0.15, -0.1) is 0 Å². The van der Waals surface area contributed by atoms with Crippen LogP contribution >= 0.6 is 19.4 Å². The average Bonchev–Trinajstić information content (AvgIpc) is 3.04. The number of hydrogen-bond donors (Lipinski definition) is 2. The lowest BCUT2D eigenvalue weighted by molar-refractivity contribution is -0.0469. The summed E-state index contributed by atoms with van der Waals surface area (Å²) >= 11 is 5.91. The molecule has 2 aliphatic rings. The number of halogens is 1. The Kier molecular flexibility index (Phi) is 5.41. The molecule has 1 aromatic carbocycles. The van der Waals surface area contributed by atoms with Gasteiger partial charge in [-0.05, 0) is 25.1 Å². The summed E-state index contributed by atoms with van der Waals surface area (Å²) in [6, 6.07) is 4.80. The van der Waals surface area contributed by atoms with E-state index < -0.39 is 37.5 Å². The number of benzene rings is 1. The molecule has 1 saturated heterocycles. The maximum Gasteiger partial charge on any atom is 0.530 e. The van der Waals surface area contributed by atoms with Crippen molar-refractivity contribution in [2.45, 2.75) is 38.4 Å². The molecule has 12 heteroatoms. The highest BCUT2D eigenvalue weighted by Crippen LogP contribution is 2.55. The number of nitrogens with one attached hydrogen (secondary N) is 1. The number of nitrogens with zero attached hydrogens (tertiary/aromatic N) is 1. The first-order valence-electron chi connectivity index (χ1n) is 8.77. The van der Waals surface area contributed by atoms with Gasteiger partial charge in [0.25, 0.3) is 5.56 Å². The van der Waals surface area contributed by atoms with Crippen molar-refractivity contribution in [1.82, 2.24) is 9.55 Å². The normalized spacial score (nSPS) is 28.7. The molecular formula is C17H18ClN2O8P. The molecule has 2 aliphatic heterocycles. The molecule has 4 atom stereocenters. The van der Waals surface area contributed by atoms with Gasteiger partial charge in [-0.1, -0.05) is 11.6 Å². The zero-order valence-electron chi connectivity index (χ0n) is 15.2. The number of phosphoric acid groups is 1. The number of rotatable bonds is 4. The van der Waals surface area contributed by atoms with E-state index in [1.807, 2.05) is 0 Å². The van der Waals surface area contributed by atoms with Crippen LogP contribution in [-0.2, 0) is 25.0 Å². The molecule has 3 heterocycles. The maximum atomic E-state index is 12.7. The third kappa shape index (κ3) is 4.18. The standard InChI is InChI=1S/C17H18ClN2O8P/c1-9-6-20(17(23)19-16(9)22)15-5-12(21)14(27-15)8-26-29(24)25-7-10-4-11(18)2-3-13(10)28-29/h2-4,6,12,14-15,21H,5,7-8H2,1H3,(H,19,22,23)/t12?,14-,15-,29?/m1/s1. The summed E-state index contributed by atoms with van der Waals surface area (Å²) in [7, 11) is -3.91. The van der Waals surface area contributed by atoms with Gasteiger partial charge in [-0.3, -0.25) is 23.4 Å². The van der Waals surface area contributed by atoms with E-state index >= 15 is 0 Å². The summed E-state index contributed by atoms with van der Waals surface area (Å²) in [4.78, 5) is 25.7. The van der Waals surface area contributed by atoms with Gasteiger partial charge < -0.3 is 14.4 Å². The van der Waals surface area contributed by atoms with E-state index in [2.05, 4.69) is 4.98 Å². The minimum absolute atomic E-state index is 0.00404. The van der Waals surface area contributed by atoms with E-state index in [0.29, 0.717) is 21.9 Å². The molecule has 1 fully saturated rings. The number of fused-ring (bicyclic) bond motifs is 1. The van der Waals surface area contributed by atoms with E-state index in [-0.39, 0.29) is 19.6 Å². The molecule has 10 nitrogen and oxygen atoms in total. The van der Waals surface area contributed by atoms with Crippen LogP contribution in [0.2, 0.25) is 5.02 Å². The van der Waals surface area contributed by atoms with Crippen LogP contribution in [0.25, 0.3) is 0 Å². The fourth-order valence-corrected chi connectivity index (χ4v) is 4.53. The number of aliphatic hydroxyl groups is 1. The lowest BCUT2D eigenvalue weighted by atomic mass is 10.2. The second-order valence-corrected chi connectivity index (χ2v) is 8.80. The third-order valence-corrected chi connectivity index (χ3v) is 6.23. The number of H-pyrrole nitrogens is 1. The first-order chi connectivity index (χ1) is 13.7. The van der Waals surface area contributed by atoms with Crippen LogP contribution in [0.1, 0.15) is 23.8 Å². The first-order valence-corrected chi connectivity index (χ1v) is 10.6. The Morgan fingerprint density at radius 2 is 2.21 bits per heavy atom. The van der Waals surface area contributed by atoms with Crippen molar-refractivity contribution in [1.29, 1.82) is 0 Å². The number of aromatic amines is 1. The van der Waals surface area contributed by atoms with Gasteiger partial charge in [0.1, 0.15) is 18.1 Å². The van der Waals surface area contributed by atoms with Gasteiger partial charge in [0.05, 0.1) is 19.3 Å². The molecule has 0 bridgehead atoms. The highest BCUT2D eigenvalue weighted by atomic mass is 35.5. The van der Waals surface area contributed by atoms with Crippen LogP contribution < -0.4 is 15.8 Å². The summed E-state index contributed by atoms with van der Waals surface area (Å²) in [6.07, 6.45) is -1.21. The van der Waals surface area contributed by atoms with Gasteiger partial charge in [-0.25, -0.2) is 9.36 Å². The number of hydrogen-bond acceptors (Lipinski definition) is 8. The van der Waals surface area contributed by atoms with Crippen LogP contribution in [0.4, 0.5) is 0 Å². The Hall–Kier alpha value is -1.94. The molecule has 4 rings (SSSR count). The zero-order chi connectivity index (χ0) is 20.8. The third-order valence-electron chi connectivity index (χ3n) is 4.67. The van der Waals surface area contributed by atoms with Crippen molar-refractivity contribution in [2.24, 2.45) is 0 Å². The van der Waals surface area contributed by atoms with Crippen LogP contribution in [0.15, 0.2) is 34.0 Å². The highest BCUT2D eigenvalue weighted by Gasteiger charge is 2.40. The number of aliphatic hydroxyl groups excluding tert-OH is 1. The summed E-state index contributed by atoms with van der Waals surface area (Å²) in [5, 5.41) is 10.8.